The predicted molar refractivity (Wildman–Crippen MR) is 106 cm³/mol. The Balaban J connectivity index is 1.39. The van der Waals surface area contributed by atoms with Crippen molar-refractivity contribution in [2.45, 2.75) is 45.6 Å². The lowest BCUT2D eigenvalue weighted by Crippen LogP contribution is -2.51. The highest BCUT2D eigenvalue weighted by atomic mass is 16.5. The van der Waals surface area contributed by atoms with Crippen molar-refractivity contribution in [3.8, 4) is 0 Å². The Kier molecular flexibility index (Phi) is 5.50. The molecule has 1 unspecified atom stereocenters. The molecule has 2 heterocycles. The van der Waals surface area contributed by atoms with Gasteiger partial charge in [-0.05, 0) is 48.4 Å². The molecule has 2 aromatic rings. The number of benzene rings is 1. The van der Waals surface area contributed by atoms with Gasteiger partial charge in [0.1, 0.15) is 5.58 Å². The van der Waals surface area contributed by atoms with Crippen molar-refractivity contribution in [3.05, 3.63) is 35.1 Å². The third-order valence-corrected chi connectivity index (χ3v) is 6.01. The van der Waals surface area contributed by atoms with Gasteiger partial charge in [-0.15, -0.1) is 0 Å². The minimum atomic E-state index is 0.0668. The molecule has 1 aromatic carbocycles. The zero-order valence-electron chi connectivity index (χ0n) is 16.4. The fourth-order valence-electron chi connectivity index (χ4n) is 4.43. The molecule has 0 radical (unpaired) electrons. The summed E-state index contributed by atoms with van der Waals surface area (Å²) < 4.78 is 11.2. The van der Waals surface area contributed by atoms with Gasteiger partial charge in [-0.3, -0.25) is 9.69 Å². The van der Waals surface area contributed by atoms with E-state index in [0.717, 1.165) is 55.7 Å². The highest BCUT2D eigenvalue weighted by molar-refractivity contribution is 5.88. The molecule has 0 bridgehead atoms. The molecule has 2 aliphatic rings. The molecule has 1 atom stereocenters. The second-order valence-corrected chi connectivity index (χ2v) is 8.17. The fourth-order valence-corrected chi connectivity index (χ4v) is 4.43. The van der Waals surface area contributed by atoms with Crippen LogP contribution in [0, 0.1) is 5.92 Å². The summed E-state index contributed by atoms with van der Waals surface area (Å²) in [6.07, 6.45) is 5.62. The Morgan fingerprint density at radius 2 is 1.93 bits per heavy atom. The molecule has 1 aromatic heterocycles. The lowest BCUT2D eigenvalue weighted by atomic mass is 10.0. The first kappa shape index (κ1) is 18.5. The van der Waals surface area contributed by atoms with Gasteiger partial charge < -0.3 is 14.5 Å². The maximum absolute atomic E-state index is 12.6. The number of nitrogens with zero attached hydrogens (tertiary/aromatic N) is 1. The topological polar surface area (TPSA) is 54.7 Å². The van der Waals surface area contributed by atoms with Crippen LogP contribution in [0.1, 0.15) is 37.0 Å². The quantitative estimate of drug-likeness (QED) is 0.849. The van der Waals surface area contributed by atoms with Gasteiger partial charge in [0.15, 0.2) is 0 Å². The number of amides is 1. The largest absolute Gasteiger partial charge is 0.464 e. The normalized spacial score (nSPS) is 18.8. The molecule has 146 valence electrons. The van der Waals surface area contributed by atoms with Gasteiger partial charge in [-0.25, -0.2) is 0 Å². The Morgan fingerprint density at radius 3 is 2.67 bits per heavy atom. The van der Waals surface area contributed by atoms with E-state index in [1.165, 1.54) is 17.5 Å². The molecule has 0 spiro atoms. The summed E-state index contributed by atoms with van der Waals surface area (Å²) in [7, 11) is 0. The minimum Gasteiger partial charge on any atom is -0.464 e. The van der Waals surface area contributed by atoms with Crippen molar-refractivity contribution in [3.63, 3.8) is 0 Å². The maximum Gasteiger partial charge on any atom is 0.224 e. The number of fused-ring (bicyclic) bond motifs is 2. The Bertz CT molecular complexity index is 805. The third kappa shape index (κ3) is 4.04. The molecule has 0 saturated carbocycles. The van der Waals surface area contributed by atoms with Gasteiger partial charge in [-0.2, -0.15) is 0 Å². The maximum atomic E-state index is 12.6. The van der Waals surface area contributed by atoms with Crippen LogP contribution in [0.15, 0.2) is 22.8 Å². The van der Waals surface area contributed by atoms with Gasteiger partial charge in [-0.1, -0.05) is 13.8 Å². The van der Waals surface area contributed by atoms with E-state index in [4.69, 9.17) is 9.15 Å². The zero-order valence-corrected chi connectivity index (χ0v) is 16.4. The number of ether oxygens (including phenoxy) is 1. The number of carbonyl (C=O) groups is 1. The van der Waals surface area contributed by atoms with Crippen LogP contribution >= 0.6 is 0 Å². The number of hydrogen-bond donors (Lipinski definition) is 1. The molecule has 5 nitrogen and oxygen atoms in total. The van der Waals surface area contributed by atoms with Crippen LogP contribution in [0.25, 0.3) is 11.0 Å². The molecule has 5 heteroatoms. The summed E-state index contributed by atoms with van der Waals surface area (Å²) >= 11 is 0. The van der Waals surface area contributed by atoms with E-state index in [2.05, 4.69) is 36.2 Å². The summed E-state index contributed by atoms with van der Waals surface area (Å²) in [6.45, 7) is 8.56. The van der Waals surface area contributed by atoms with E-state index in [-0.39, 0.29) is 5.91 Å². The van der Waals surface area contributed by atoms with E-state index in [9.17, 15) is 4.79 Å². The molecule has 1 fully saturated rings. The molecule has 1 N–H and O–H groups in total. The monoisotopic (exact) mass is 370 g/mol. The molecule has 27 heavy (non-hydrogen) atoms. The summed E-state index contributed by atoms with van der Waals surface area (Å²) in [6, 6.07) is 4.74. The number of carbonyl (C=O) groups excluding carboxylic acids is 1. The summed E-state index contributed by atoms with van der Waals surface area (Å²) in [5.74, 6) is 0.554. The molecule has 1 amide bonds. The predicted octanol–water partition coefficient (Wildman–Crippen LogP) is 2.94. The summed E-state index contributed by atoms with van der Waals surface area (Å²) in [5, 5.41) is 4.25. The molecular weight excluding hydrogens is 340 g/mol. The first-order valence-electron chi connectivity index (χ1n) is 10.2. The number of aryl methyl sites for hydroxylation is 2. The molecule has 1 aliphatic heterocycles. The van der Waals surface area contributed by atoms with E-state index in [0.29, 0.717) is 24.9 Å². The van der Waals surface area contributed by atoms with Gasteiger partial charge in [0, 0.05) is 36.6 Å². The first-order valence-corrected chi connectivity index (χ1v) is 10.2. The SMILES string of the molecule is CC(C)C(CNC(=O)Cc1coc2cc3c(cc12)CCC3)N1CCOCC1. The van der Waals surface area contributed by atoms with Crippen molar-refractivity contribution in [1.29, 1.82) is 0 Å². The highest BCUT2D eigenvalue weighted by Crippen LogP contribution is 2.30. The van der Waals surface area contributed by atoms with E-state index < -0.39 is 0 Å². The van der Waals surface area contributed by atoms with Crippen molar-refractivity contribution in [2.75, 3.05) is 32.8 Å². The smallest absolute Gasteiger partial charge is 0.224 e. The van der Waals surface area contributed by atoms with E-state index in [1.54, 1.807) is 6.26 Å². The lowest BCUT2D eigenvalue weighted by molar-refractivity contribution is -0.120. The Morgan fingerprint density at radius 1 is 1.19 bits per heavy atom. The Hall–Kier alpha value is -1.85. The summed E-state index contributed by atoms with van der Waals surface area (Å²) in [4.78, 5) is 15.0. The second kappa shape index (κ2) is 8.03. The van der Waals surface area contributed by atoms with Gasteiger partial charge in [0.05, 0.1) is 25.9 Å². The van der Waals surface area contributed by atoms with Gasteiger partial charge in [0.2, 0.25) is 5.91 Å². The van der Waals surface area contributed by atoms with Crippen molar-refractivity contribution < 1.29 is 13.9 Å². The zero-order chi connectivity index (χ0) is 18.8. The van der Waals surface area contributed by atoms with Crippen LogP contribution < -0.4 is 5.32 Å². The Labute approximate surface area is 161 Å². The molecule has 4 rings (SSSR count). The molecular formula is C22H30N2O3. The van der Waals surface area contributed by atoms with Crippen molar-refractivity contribution >= 4 is 16.9 Å². The molecule has 1 aliphatic carbocycles. The third-order valence-electron chi connectivity index (χ3n) is 6.01. The van der Waals surface area contributed by atoms with E-state index in [1.807, 2.05) is 0 Å². The number of rotatable bonds is 6. The summed E-state index contributed by atoms with van der Waals surface area (Å²) in [5.41, 5.74) is 4.72. The van der Waals surface area contributed by atoms with Crippen LogP contribution in [0.3, 0.4) is 0 Å². The highest BCUT2D eigenvalue weighted by Gasteiger charge is 2.24. The van der Waals surface area contributed by atoms with Crippen molar-refractivity contribution in [2.24, 2.45) is 5.92 Å². The average Bonchev–Trinajstić information content (AvgIpc) is 3.27. The van der Waals surface area contributed by atoms with Crippen LogP contribution in [0.5, 0.6) is 0 Å². The second-order valence-electron chi connectivity index (χ2n) is 8.17. The van der Waals surface area contributed by atoms with E-state index >= 15 is 0 Å². The average molecular weight is 370 g/mol. The van der Waals surface area contributed by atoms with Crippen LogP contribution in [-0.4, -0.2) is 49.7 Å². The van der Waals surface area contributed by atoms with Crippen LogP contribution in [-0.2, 0) is 28.8 Å². The van der Waals surface area contributed by atoms with Crippen LogP contribution in [0.2, 0.25) is 0 Å². The molecule has 1 saturated heterocycles. The van der Waals surface area contributed by atoms with Gasteiger partial charge in [0.25, 0.3) is 0 Å². The minimum absolute atomic E-state index is 0.0668. The number of morpholine rings is 1. The number of furan rings is 1. The standard InChI is InChI=1S/C22H30N2O3/c1-15(2)20(24-6-8-26-9-7-24)13-23-22(25)12-18-14-27-21-11-17-5-3-4-16(17)10-19(18)21/h10-11,14-15,20H,3-9,12-13H2,1-2H3,(H,23,25). The van der Waals surface area contributed by atoms with Crippen molar-refractivity contribution in [1.82, 2.24) is 10.2 Å². The van der Waals surface area contributed by atoms with Gasteiger partial charge >= 0.3 is 0 Å². The number of hydrogen-bond acceptors (Lipinski definition) is 4. The van der Waals surface area contributed by atoms with Crippen LogP contribution in [0.4, 0.5) is 0 Å². The first-order chi connectivity index (χ1) is 13.1. The fraction of sp³-hybridized carbons (Fsp3) is 0.591. The lowest BCUT2D eigenvalue weighted by Gasteiger charge is -2.36. The number of nitrogens with one attached hydrogen (secondary N) is 1.